The number of nitro groups is 1. The van der Waals surface area contributed by atoms with E-state index in [1.165, 1.54) is 0 Å². The van der Waals surface area contributed by atoms with Crippen molar-refractivity contribution in [1.29, 1.82) is 0 Å². The van der Waals surface area contributed by atoms with Gasteiger partial charge >= 0.3 is 5.97 Å². The molecule has 0 aromatic carbocycles. The van der Waals surface area contributed by atoms with Crippen molar-refractivity contribution in [3.63, 3.8) is 0 Å². The maximum Gasteiger partial charge on any atom is 0.315 e. The lowest BCUT2D eigenvalue weighted by atomic mass is 9.80. The second kappa shape index (κ2) is 7.00. The first-order chi connectivity index (χ1) is 10.7. The van der Waals surface area contributed by atoms with Crippen LogP contribution in [0.25, 0.3) is 0 Å². The minimum atomic E-state index is -2.11. The van der Waals surface area contributed by atoms with Crippen LogP contribution < -0.4 is 0 Å². The molecule has 0 radical (unpaired) electrons. The van der Waals surface area contributed by atoms with Crippen LogP contribution in [-0.2, 0) is 9.53 Å². The fraction of sp³-hybridized carbons (Fsp3) is 0.929. The van der Waals surface area contributed by atoms with E-state index in [1.54, 1.807) is 6.92 Å². The van der Waals surface area contributed by atoms with Crippen LogP contribution in [0, 0.1) is 22.0 Å². The van der Waals surface area contributed by atoms with E-state index in [2.05, 4.69) is 0 Å². The first-order valence-electron chi connectivity index (χ1n) is 7.61. The van der Waals surface area contributed by atoms with Crippen LogP contribution in [0.15, 0.2) is 0 Å². The zero-order chi connectivity index (χ0) is 17.3. The summed E-state index contributed by atoms with van der Waals surface area (Å²) in [6, 6.07) is -2.00. The maximum absolute atomic E-state index is 13.9. The van der Waals surface area contributed by atoms with Gasteiger partial charge in [0.05, 0.1) is 0 Å². The molecule has 0 saturated heterocycles. The van der Waals surface area contributed by atoms with Gasteiger partial charge in [0, 0.05) is 17.8 Å². The van der Waals surface area contributed by atoms with Crippen molar-refractivity contribution < 1.29 is 32.0 Å². The molecule has 0 spiro atoms. The molecule has 23 heavy (non-hydrogen) atoms. The van der Waals surface area contributed by atoms with Crippen LogP contribution in [0.1, 0.15) is 32.6 Å². The molecule has 4 unspecified atom stereocenters. The van der Waals surface area contributed by atoms with Crippen molar-refractivity contribution >= 4 is 5.97 Å². The van der Waals surface area contributed by atoms with Crippen LogP contribution in [-0.4, -0.2) is 47.7 Å². The Labute approximate surface area is 130 Å². The second-order valence-electron chi connectivity index (χ2n) is 6.47. The average Bonchev–Trinajstić information content (AvgIpc) is 2.35. The summed E-state index contributed by atoms with van der Waals surface area (Å²) in [5.41, 5.74) is 0. The number of esters is 1. The van der Waals surface area contributed by atoms with Gasteiger partial charge in [-0.05, 0) is 18.8 Å². The Morgan fingerprint density at radius 1 is 1.00 bits per heavy atom. The van der Waals surface area contributed by atoms with Crippen LogP contribution in [0.4, 0.5) is 17.6 Å². The zero-order valence-electron chi connectivity index (χ0n) is 12.5. The Hall–Kier alpha value is -1.41. The Morgan fingerprint density at radius 3 is 1.91 bits per heavy atom. The number of rotatable bonds is 3. The lowest BCUT2D eigenvalue weighted by Crippen LogP contribution is -2.49. The van der Waals surface area contributed by atoms with E-state index in [-0.39, 0.29) is 18.8 Å². The van der Waals surface area contributed by atoms with E-state index in [1.807, 2.05) is 0 Å². The van der Waals surface area contributed by atoms with Gasteiger partial charge in [0.2, 0.25) is 0 Å². The highest BCUT2D eigenvalue weighted by molar-refractivity contribution is 5.74. The van der Waals surface area contributed by atoms with Gasteiger partial charge < -0.3 is 4.74 Å². The Kier molecular flexibility index (Phi) is 5.46. The number of carbonyl (C=O) groups is 1. The molecular formula is C14H19F4NO4. The molecule has 0 bridgehead atoms. The maximum atomic E-state index is 13.9. The molecular weight excluding hydrogens is 322 g/mol. The molecule has 9 heteroatoms. The molecule has 2 aliphatic rings. The van der Waals surface area contributed by atoms with Crippen molar-refractivity contribution in [2.75, 3.05) is 0 Å². The van der Waals surface area contributed by atoms with E-state index < -0.39 is 66.5 Å². The molecule has 132 valence electrons. The van der Waals surface area contributed by atoms with Crippen molar-refractivity contribution in [2.45, 2.75) is 69.4 Å². The van der Waals surface area contributed by atoms with Crippen LogP contribution >= 0.6 is 0 Å². The summed E-state index contributed by atoms with van der Waals surface area (Å²) in [7, 11) is 0. The number of hydrogen-bond acceptors (Lipinski definition) is 4. The van der Waals surface area contributed by atoms with E-state index in [0.29, 0.717) is 0 Å². The summed E-state index contributed by atoms with van der Waals surface area (Å²) in [6.45, 7) is 1.67. The van der Waals surface area contributed by atoms with Gasteiger partial charge in [-0.15, -0.1) is 0 Å². The minimum Gasteiger partial charge on any atom is -0.462 e. The van der Waals surface area contributed by atoms with E-state index in [9.17, 15) is 32.5 Å². The number of halogens is 4. The monoisotopic (exact) mass is 341 g/mol. The third-order valence-corrected chi connectivity index (χ3v) is 4.55. The SMILES string of the molecule is CC1CC(F)C(C(=O)OC2CC(F)C([N+](=O)[O-])C(F)C2)C(F)C1. The van der Waals surface area contributed by atoms with Crippen molar-refractivity contribution in [2.24, 2.45) is 11.8 Å². The first-order valence-corrected chi connectivity index (χ1v) is 7.61. The summed E-state index contributed by atoms with van der Waals surface area (Å²) in [6.07, 6.45) is -9.94. The molecule has 5 nitrogen and oxygen atoms in total. The van der Waals surface area contributed by atoms with E-state index in [0.717, 1.165) is 0 Å². The molecule has 2 fully saturated rings. The highest BCUT2D eigenvalue weighted by Gasteiger charge is 2.49. The predicted molar refractivity (Wildman–Crippen MR) is 71.4 cm³/mol. The van der Waals surface area contributed by atoms with Crippen LogP contribution in [0.2, 0.25) is 0 Å². The quantitative estimate of drug-likeness (QED) is 0.343. The Balaban J connectivity index is 1.97. The molecule has 2 rings (SSSR count). The standard InChI is InChI=1S/C14H19F4NO4/c1-6-2-8(15)12(9(16)3-6)14(20)23-7-4-10(17)13(19(21)22)11(18)5-7/h6-13H,2-5H2,1H3. The lowest BCUT2D eigenvalue weighted by molar-refractivity contribution is -0.543. The van der Waals surface area contributed by atoms with Gasteiger partial charge in [0.15, 0.2) is 12.3 Å². The van der Waals surface area contributed by atoms with Crippen molar-refractivity contribution in [3.8, 4) is 0 Å². The van der Waals surface area contributed by atoms with Crippen LogP contribution in [0.5, 0.6) is 0 Å². The number of hydrogen-bond donors (Lipinski definition) is 0. The summed E-state index contributed by atoms with van der Waals surface area (Å²) in [5.74, 6) is -2.97. The second-order valence-corrected chi connectivity index (χ2v) is 6.47. The van der Waals surface area contributed by atoms with Crippen molar-refractivity contribution in [1.82, 2.24) is 0 Å². The largest absolute Gasteiger partial charge is 0.462 e. The average molecular weight is 341 g/mol. The smallest absolute Gasteiger partial charge is 0.315 e. The van der Waals surface area contributed by atoms with Crippen LogP contribution in [0.3, 0.4) is 0 Å². The molecule has 2 aliphatic carbocycles. The summed E-state index contributed by atoms with van der Waals surface area (Å²) < 4.78 is 60.0. The van der Waals surface area contributed by atoms with Gasteiger partial charge in [-0.25, -0.2) is 17.6 Å². The van der Waals surface area contributed by atoms with Gasteiger partial charge in [0.25, 0.3) is 6.04 Å². The molecule has 0 aromatic rings. The number of alkyl halides is 4. The van der Waals surface area contributed by atoms with Gasteiger partial charge in [-0.2, -0.15) is 0 Å². The zero-order valence-corrected chi connectivity index (χ0v) is 12.5. The van der Waals surface area contributed by atoms with E-state index in [4.69, 9.17) is 4.74 Å². The first kappa shape index (κ1) is 17.9. The summed E-state index contributed by atoms with van der Waals surface area (Å²) >= 11 is 0. The highest BCUT2D eigenvalue weighted by atomic mass is 19.2. The van der Waals surface area contributed by atoms with Gasteiger partial charge in [-0.3, -0.25) is 14.9 Å². The predicted octanol–water partition coefficient (Wildman–Crippen LogP) is 2.74. The van der Waals surface area contributed by atoms with Crippen molar-refractivity contribution in [3.05, 3.63) is 10.1 Å². The molecule has 0 N–H and O–H groups in total. The fourth-order valence-electron chi connectivity index (χ4n) is 3.39. The number of ether oxygens (including phenoxy) is 1. The van der Waals surface area contributed by atoms with Gasteiger partial charge in [-0.1, -0.05) is 6.92 Å². The molecule has 4 atom stereocenters. The molecule has 0 aromatic heterocycles. The normalized spacial score (nSPS) is 44.6. The lowest BCUT2D eigenvalue weighted by Gasteiger charge is -2.34. The minimum absolute atomic E-state index is 0.0196. The summed E-state index contributed by atoms with van der Waals surface area (Å²) in [4.78, 5) is 21.5. The molecule has 0 heterocycles. The third-order valence-electron chi connectivity index (χ3n) is 4.55. The topological polar surface area (TPSA) is 69.4 Å². The summed E-state index contributed by atoms with van der Waals surface area (Å²) in [5, 5.41) is 10.6. The Bertz CT molecular complexity index is 442. The molecule has 0 amide bonds. The number of carbonyl (C=O) groups excluding carboxylic acids is 1. The van der Waals surface area contributed by atoms with E-state index >= 15 is 0 Å². The molecule has 2 saturated carbocycles. The Morgan fingerprint density at radius 2 is 1.48 bits per heavy atom. The molecule has 0 aliphatic heterocycles. The van der Waals surface area contributed by atoms with Gasteiger partial charge in [0.1, 0.15) is 24.4 Å². The fourth-order valence-corrected chi connectivity index (χ4v) is 3.39. The number of nitrogens with zero attached hydrogens (tertiary/aromatic N) is 1. The highest BCUT2D eigenvalue weighted by Crippen LogP contribution is 2.36. The third kappa shape index (κ3) is 3.92.